The summed E-state index contributed by atoms with van der Waals surface area (Å²) in [5, 5.41) is 0. The molecule has 31 heavy (non-hydrogen) atoms. The number of carbonyl (C=O) groups is 2. The van der Waals surface area contributed by atoms with Crippen molar-refractivity contribution in [3.8, 4) is 5.75 Å². The summed E-state index contributed by atoms with van der Waals surface area (Å²) in [5.74, 6) is 2.30. The van der Waals surface area contributed by atoms with Gasteiger partial charge >= 0.3 is 0 Å². The number of hydrogen-bond acceptors (Lipinski definition) is 5. The predicted molar refractivity (Wildman–Crippen MR) is 122 cm³/mol. The summed E-state index contributed by atoms with van der Waals surface area (Å²) in [4.78, 5) is 34.6. The van der Waals surface area contributed by atoms with E-state index in [-0.39, 0.29) is 5.91 Å². The standard InChI is InChI=1S/C24H36N4O3/c1-31-22-15-21(28-13-6-10-23(28)30)16-25-24(22)26-12-5-7-19(17-26)11-14-27(18-29)20-8-3-2-4-9-20/h15-16,18-20H,2-14,17H2,1H3. The first kappa shape index (κ1) is 21.9. The lowest BCUT2D eigenvalue weighted by atomic mass is 9.92. The number of rotatable bonds is 8. The third kappa shape index (κ3) is 5.13. The Morgan fingerprint density at radius 3 is 2.71 bits per heavy atom. The number of amides is 2. The Morgan fingerprint density at radius 2 is 2.00 bits per heavy atom. The molecule has 1 saturated carbocycles. The SMILES string of the molecule is COc1cc(N2CCCC2=O)cnc1N1CCCC(CCN(C=O)C2CCCCC2)C1. The Balaban J connectivity index is 1.38. The number of piperidine rings is 1. The molecule has 2 aliphatic heterocycles. The highest BCUT2D eigenvalue weighted by Crippen LogP contribution is 2.34. The first-order valence-electron chi connectivity index (χ1n) is 12.0. The van der Waals surface area contributed by atoms with Crippen molar-refractivity contribution in [3.63, 3.8) is 0 Å². The summed E-state index contributed by atoms with van der Waals surface area (Å²) in [6.45, 7) is 3.50. The van der Waals surface area contributed by atoms with Crippen molar-refractivity contribution < 1.29 is 14.3 Å². The van der Waals surface area contributed by atoms with Crippen molar-refractivity contribution in [2.45, 2.75) is 70.3 Å². The minimum atomic E-state index is 0.160. The van der Waals surface area contributed by atoms with Crippen LogP contribution in [0.15, 0.2) is 12.3 Å². The molecular formula is C24H36N4O3. The van der Waals surface area contributed by atoms with Crippen molar-refractivity contribution in [1.29, 1.82) is 0 Å². The van der Waals surface area contributed by atoms with Gasteiger partial charge in [-0.1, -0.05) is 19.3 Å². The lowest BCUT2D eigenvalue weighted by Gasteiger charge is -2.36. The van der Waals surface area contributed by atoms with Gasteiger partial charge in [-0.05, 0) is 44.4 Å². The molecule has 4 rings (SSSR count). The van der Waals surface area contributed by atoms with Gasteiger partial charge in [0.15, 0.2) is 11.6 Å². The molecule has 0 N–H and O–H groups in total. The molecule has 3 fully saturated rings. The van der Waals surface area contributed by atoms with Crippen molar-refractivity contribution in [1.82, 2.24) is 9.88 Å². The van der Waals surface area contributed by atoms with Gasteiger partial charge in [0.1, 0.15) is 0 Å². The number of aromatic nitrogens is 1. The molecule has 1 aromatic rings. The van der Waals surface area contributed by atoms with Gasteiger partial charge in [0.2, 0.25) is 12.3 Å². The molecule has 7 nitrogen and oxygen atoms in total. The van der Waals surface area contributed by atoms with Crippen molar-refractivity contribution in [2.75, 3.05) is 43.1 Å². The highest BCUT2D eigenvalue weighted by atomic mass is 16.5. The van der Waals surface area contributed by atoms with E-state index in [9.17, 15) is 9.59 Å². The second-order valence-electron chi connectivity index (χ2n) is 9.25. The molecule has 2 amide bonds. The Kier molecular flexibility index (Phi) is 7.30. The maximum absolute atomic E-state index is 12.1. The smallest absolute Gasteiger partial charge is 0.227 e. The summed E-state index contributed by atoms with van der Waals surface area (Å²) in [6.07, 6.45) is 13.8. The zero-order chi connectivity index (χ0) is 21.6. The lowest BCUT2D eigenvalue weighted by molar-refractivity contribution is -0.121. The van der Waals surface area contributed by atoms with Crippen LogP contribution in [-0.4, -0.2) is 61.5 Å². The quantitative estimate of drug-likeness (QED) is 0.592. The fraction of sp³-hybridized carbons (Fsp3) is 0.708. The molecule has 1 aliphatic carbocycles. The zero-order valence-corrected chi connectivity index (χ0v) is 18.8. The fourth-order valence-corrected chi connectivity index (χ4v) is 5.44. The second kappa shape index (κ2) is 10.3. The Hall–Kier alpha value is -2.31. The Bertz CT molecular complexity index is 765. The summed E-state index contributed by atoms with van der Waals surface area (Å²) < 4.78 is 5.67. The third-order valence-electron chi connectivity index (χ3n) is 7.22. The zero-order valence-electron chi connectivity index (χ0n) is 18.8. The van der Waals surface area contributed by atoms with Crippen LogP contribution in [0.3, 0.4) is 0 Å². The van der Waals surface area contributed by atoms with E-state index in [4.69, 9.17) is 9.72 Å². The Morgan fingerprint density at radius 1 is 1.16 bits per heavy atom. The van der Waals surface area contributed by atoms with Gasteiger partial charge in [-0.15, -0.1) is 0 Å². The van der Waals surface area contributed by atoms with E-state index in [1.54, 1.807) is 12.0 Å². The Labute approximate surface area is 185 Å². The van der Waals surface area contributed by atoms with Gasteiger partial charge in [0.05, 0.1) is 19.0 Å². The summed E-state index contributed by atoms with van der Waals surface area (Å²) in [5.41, 5.74) is 0.825. The van der Waals surface area contributed by atoms with Crippen molar-refractivity contribution >= 4 is 23.8 Å². The van der Waals surface area contributed by atoms with E-state index in [2.05, 4.69) is 9.80 Å². The number of hydrogen-bond donors (Lipinski definition) is 0. The van der Waals surface area contributed by atoms with Crippen LogP contribution in [0, 0.1) is 5.92 Å². The number of carbonyl (C=O) groups excluding carboxylic acids is 2. The van der Waals surface area contributed by atoms with Crippen molar-refractivity contribution in [3.05, 3.63) is 12.3 Å². The van der Waals surface area contributed by atoms with Crippen LogP contribution >= 0.6 is 0 Å². The van der Waals surface area contributed by atoms with E-state index in [1.807, 2.05) is 12.3 Å². The number of methoxy groups -OCH3 is 1. The molecule has 2 saturated heterocycles. The van der Waals surface area contributed by atoms with Crippen molar-refractivity contribution in [2.24, 2.45) is 5.92 Å². The topological polar surface area (TPSA) is 66.0 Å². The minimum absolute atomic E-state index is 0.160. The summed E-state index contributed by atoms with van der Waals surface area (Å²) in [7, 11) is 1.67. The van der Waals surface area contributed by atoms with E-state index < -0.39 is 0 Å². The molecule has 7 heteroatoms. The number of ether oxygens (including phenoxy) is 1. The molecule has 3 aliphatic rings. The molecule has 0 spiro atoms. The molecule has 0 bridgehead atoms. The highest BCUT2D eigenvalue weighted by Gasteiger charge is 2.27. The van der Waals surface area contributed by atoms with Crippen LogP contribution < -0.4 is 14.5 Å². The van der Waals surface area contributed by atoms with Gasteiger partial charge in [-0.3, -0.25) is 9.59 Å². The maximum atomic E-state index is 12.1. The fourth-order valence-electron chi connectivity index (χ4n) is 5.44. The van der Waals surface area contributed by atoms with Crippen LogP contribution in [0.4, 0.5) is 11.5 Å². The van der Waals surface area contributed by atoms with Crippen LogP contribution in [-0.2, 0) is 9.59 Å². The number of anilines is 2. The van der Waals surface area contributed by atoms with Gasteiger partial charge < -0.3 is 19.4 Å². The largest absolute Gasteiger partial charge is 0.493 e. The van der Waals surface area contributed by atoms with Crippen LogP contribution in [0.2, 0.25) is 0 Å². The maximum Gasteiger partial charge on any atom is 0.227 e. The first-order chi connectivity index (χ1) is 15.2. The van der Waals surface area contributed by atoms with Gasteiger partial charge in [-0.25, -0.2) is 4.98 Å². The molecule has 0 radical (unpaired) electrons. The predicted octanol–water partition coefficient (Wildman–Crippen LogP) is 3.61. The highest BCUT2D eigenvalue weighted by molar-refractivity contribution is 5.95. The molecule has 1 unspecified atom stereocenters. The first-order valence-corrected chi connectivity index (χ1v) is 12.0. The number of pyridine rings is 1. The second-order valence-corrected chi connectivity index (χ2v) is 9.25. The van der Waals surface area contributed by atoms with Crippen LogP contribution in [0.1, 0.15) is 64.2 Å². The average Bonchev–Trinajstić information content (AvgIpc) is 3.26. The van der Waals surface area contributed by atoms with E-state index in [1.165, 1.54) is 25.7 Å². The van der Waals surface area contributed by atoms with E-state index in [0.29, 0.717) is 18.4 Å². The monoisotopic (exact) mass is 428 g/mol. The number of nitrogens with zero attached hydrogens (tertiary/aromatic N) is 4. The van der Waals surface area contributed by atoms with Crippen LogP contribution in [0.5, 0.6) is 5.75 Å². The van der Waals surface area contributed by atoms with Gasteiger partial charge in [0, 0.05) is 44.7 Å². The average molecular weight is 429 g/mol. The molecule has 3 heterocycles. The summed E-state index contributed by atoms with van der Waals surface area (Å²) in [6, 6.07) is 2.39. The third-order valence-corrected chi connectivity index (χ3v) is 7.22. The van der Waals surface area contributed by atoms with Crippen LogP contribution in [0.25, 0.3) is 0 Å². The molecule has 1 atom stereocenters. The van der Waals surface area contributed by atoms with E-state index in [0.717, 1.165) is 81.9 Å². The molecule has 0 aromatic carbocycles. The minimum Gasteiger partial charge on any atom is -0.493 e. The lowest BCUT2D eigenvalue weighted by Crippen LogP contribution is -2.40. The molecule has 1 aromatic heterocycles. The van der Waals surface area contributed by atoms with Gasteiger partial charge in [0.25, 0.3) is 0 Å². The summed E-state index contributed by atoms with van der Waals surface area (Å²) >= 11 is 0. The van der Waals surface area contributed by atoms with Gasteiger partial charge in [-0.2, -0.15) is 0 Å². The van der Waals surface area contributed by atoms with E-state index >= 15 is 0 Å². The normalized spacial score (nSPS) is 22.6. The molecular weight excluding hydrogens is 392 g/mol. The molecule has 170 valence electrons.